The zero-order valence-electron chi connectivity index (χ0n) is 17.9. The summed E-state index contributed by atoms with van der Waals surface area (Å²) in [6.45, 7) is 5.25. The summed E-state index contributed by atoms with van der Waals surface area (Å²) in [6.07, 6.45) is -1.36. The summed E-state index contributed by atoms with van der Waals surface area (Å²) in [6, 6.07) is 3.32. The van der Waals surface area contributed by atoms with Gasteiger partial charge in [0.2, 0.25) is 5.91 Å². The number of aromatic nitrogens is 1. The maximum Gasteiger partial charge on any atom is 0.391 e. The molecule has 3 rings (SSSR count). The largest absolute Gasteiger partial charge is 0.490 e. The maximum absolute atomic E-state index is 12.9. The fourth-order valence-corrected chi connectivity index (χ4v) is 4.37. The molecule has 1 aliphatic carbocycles. The summed E-state index contributed by atoms with van der Waals surface area (Å²) in [5.74, 6) is -1.91. The van der Waals surface area contributed by atoms with E-state index >= 15 is 0 Å². The lowest BCUT2D eigenvalue weighted by molar-refractivity contribution is -0.185. The van der Waals surface area contributed by atoms with Gasteiger partial charge in [0.15, 0.2) is 11.4 Å². The zero-order valence-corrected chi connectivity index (χ0v) is 17.9. The van der Waals surface area contributed by atoms with Gasteiger partial charge in [0.1, 0.15) is 0 Å². The number of likely N-dealkylation sites (tertiary alicyclic amines) is 1. The molecule has 1 aromatic heterocycles. The fraction of sp³-hybridized carbons (Fsp3) is 0.682. The molecule has 1 aliphatic heterocycles. The van der Waals surface area contributed by atoms with Gasteiger partial charge < -0.3 is 14.4 Å². The number of amides is 1. The van der Waals surface area contributed by atoms with Gasteiger partial charge in [0.05, 0.1) is 19.1 Å². The van der Waals surface area contributed by atoms with E-state index < -0.39 is 18.1 Å². The van der Waals surface area contributed by atoms with Crippen LogP contribution in [0.15, 0.2) is 18.3 Å². The summed E-state index contributed by atoms with van der Waals surface area (Å²) in [5, 5.41) is 0. The van der Waals surface area contributed by atoms with E-state index in [1.807, 2.05) is 6.92 Å². The van der Waals surface area contributed by atoms with Crippen molar-refractivity contribution in [1.82, 2.24) is 9.88 Å². The van der Waals surface area contributed by atoms with Crippen molar-refractivity contribution in [3.05, 3.63) is 24.0 Å². The van der Waals surface area contributed by atoms with Crippen molar-refractivity contribution in [2.75, 3.05) is 26.3 Å². The Morgan fingerprint density at radius 1 is 1.26 bits per heavy atom. The van der Waals surface area contributed by atoms with E-state index in [0.717, 1.165) is 0 Å². The number of ether oxygens (including phenoxy) is 2. The SMILES string of the molecule is CCOC(=O)c1ncccc1OCC1(C)CCN(C(=O)C2CCC(C(F)(F)F)CC2)C1. The molecular formula is C22H29F3N2O4. The summed E-state index contributed by atoms with van der Waals surface area (Å²) in [7, 11) is 0. The second-order valence-electron chi connectivity index (χ2n) is 8.77. The summed E-state index contributed by atoms with van der Waals surface area (Å²) in [5.41, 5.74) is -0.207. The summed E-state index contributed by atoms with van der Waals surface area (Å²) in [4.78, 5) is 30.7. The van der Waals surface area contributed by atoms with Crippen molar-refractivity contribution in [2.24, 2.45) is 17.3 Å². The van der Waals surface area contributed by atoms with Crippen LogP contribution in [0, 0.1) is 17.3 Å². The number of halogens is 3. The normalized spacial score (nSPS) is 26.5. The van der Waals surface area contributed by atoms with Crippen LogP contribution in [0.1, 0.15) is 56.4 Å². The molecule has 1 atom stereocenters. The van der Waals surface area contributed by atoms with Crippen molar-refractivity contribution < 1.29 is 32.2 Å². The minimum atomic E-state index is -4.17. The molecule has 1 aromatic rings. The Labute approximate surface area is 180 Å². The second kappa shape index (κ2) is 9.44. The number of nitrogens with zero attached hydrogens (tertiary/aromatic N) is 2. The lowest BCUT2D eigenvalue weighted by Crippen LogP contribution is -2.39. The van der Waals surface area contributed by atoms with Crippen molar-refractivity contribution in [3.8, 4) is 5.75 Å². The number of pyridine rings is 1. The Hall–Kier alpha value is -2.32. The van der Waals surface area contributed by atoms with Crippen LogP contribution in [0.5, 0.6) is 5.75 Å². The first-order valence-corrected chi connectivity index (χ1v) is 10.7. The third kappa shape index (κ3) is 5.68. The molecule has 2 aliphatic rings. The van der Waals surface area contributed by atoms with Crippen LogP contribution in [-0.4, -0.2) is 54.2 Å². The molecule has 0 bridgehead atoms. The lowest BCUT2D eigenvalue weighted by atomic mass is 9.81. The van der Waals surface area contributed by atoms with Crippen LogP contribution in [0.4, 0.5) is 13.2 Å². The minimum Gasteiger partial charge on any atom is -0.490 e. The molecule has 1 saturated carbocycles. The van der Waals surface area contributed by atoms with E-state index in [-0.39, 0.29) is 61.8 Å². The van der Waals surface area contributed by atoms with E-state index in [0.29, 0.717) is 25.3 Å². The monoisotopic (exact) mass is 442 g/mol. The molecule has 0 radical (unpaired) electrons. The van der Waals surface area contributed by atoms with Crippen LogP contribution in [-0.2, 0) is 9.53 Å². The highest BCUT2D eigenvalue weighted by atomic mass is 19.4. The summed E-state index contributed by atoms with van der Waals surface area (Å²) >= 11 is 0. The van der Waals surface area contributed by atoms with Gasteiger partial charge in [-0.1, -0.05) is 6.92 Å². The number of hydrogen-bond acceptors (Lipinski definition) is 5. The molecule has 0 spiro atoms. The van der Waals surface area contributed by atoms with E-state index in [1.165, 1.54) is 6.20 Å². The number of hydrogen-bond donors (Lipinski definition) is 0. The first-order chi connectivity index (χ1) is 14.6. The molecule has 2 fully saturated rings. The Morgan fingerprint density at radius 2 is 1.97 bits per heavy atom. The molecule has 2 heterocycles. The number of carbonyl (C=O) groups excluding carboxylic acids is 2. The molecule has 0 N–H and O–H groups in total. The van der Waals surface area contributed by atoms with Crippen molar-refractivity contribution in [1.29, 1.82) is 0 Å². The van der Waals surface area contributed by atoms with Gasteiger partial charge in [-0.25, -0.2) is 9.78 Å². The Balaban J connectivity index is 1.55. The Kier molecular flexibility index (Phi) is 7.11. The number of esters is 1. The van der Waals surface area contributed by atoms with Gasteiger partial charge in [-0.3, -0.25) is 4.79 Å². The molecular weight excluding hydrogens is 413 g/mol. The van der Waals surface area contributed by atoms with Gasteiger partial charge >= 0.3 is 12.1 Å². The van der Waals surface area contributed by atoms with E-state index in [9.17, 15) is 22.8 Å². The maximum atomic E-state index is 12.9. The standard InChI is InChI=1S/C22H29F3N2O4/c1-3-30-20(29)18-17(5-4-11-26-18)31-14-21(2)10-12-27(13-21)19(28)15-6-8-16(9-7-15)22(23,24)25/h4-5,11,15-16H,3,6-10,12-14H2,1-2H3. The van der Waals surface area contributed by atoms with Crippen LogP contribution in [0.3, 0.4) is 0 Å². The average molecular weight is 442 g/mol. The van der Waals surface area contributed by atoms with Crippen LogP contribution in [0.2, 0.25) is 0 Å². The Bertz CT molecular complexity index is 793. The number of rotatable bonds is 6. The van der Waals surface area contributed by atoms with Gasteiger partial charge in [0.25, 0.3) is 0 Å². The van der Waals surface area contributed by atoms with Gasteiger partial charge in [-0.2, -0.15) is 13.2 Å². The Morgan fingerprint density at radius 3 is 2.61 bits per heavy atom. The van der Waals surface area contributed by atoms with Crippen LogP contribution >= 0.6 is 0 Å². The molecule has 31 heavy (non-hydrogen) atoms. The highest BCUT2D eigenvalue weighted by Gasteiger charge is 2.44. The van der Waals surface area contributed by atoms with Gasteiger partial charge in [0, 0.05) is 30.6 Å². The number of carbonyl (C=O) groups is 2. The highest BCUT2D eigenvalue weighted by Crippen LogP contribution is 2.41. The third-order valence-electron chi connectivity index (χ3n) is 6.22. The summed E-state index contributed by atoms with van der Waals surface area (Å²) < 4.78 is 49.5. The molecule has 0 aromatic carbocycles. The predicted octanol–water partition coefficient (Wildman–Crippen LogP) is 4.24. The minimum absolute atomic E-state index is 0.0196. The topological polar surface area (TPSA) is 68.7 Å². The van der Waals surface area contributed by atoms with Crippen molar-refractivity contribution in [3.63, 3.8) is 0 Å². The van der Waals surface area contributed by atoms with Crippen LogP contribution < -0.4 is 4.74 Å². The zero-order chi connectivity index (χ0) is 22.6. The van der Waals surface area contributed by atoms with E-state index in [2.05, 4.69) is 4.98 Å². The highest BCUT2D eigenvalue weighted by molar-refractivity contribution is 5.90. The van der Waals surface area contributed by atoms with Gasteiger partial charge in [-0.05, 0) is 51.2 Å². The molecule has 1 saturated heterocycles. The molecule has 6 nitrogen and oxygen atoms in total. The van der Waals surface area contributed by atoms with Crippen molar-refractivity contribution >= 4 is 11.9 Å². The van der Waals surface area contributed by atoms with Gasteiger partial charge in [-0.15, -0.1) is 0 Å². The average Bonchev–Trinajstić information content (AvgIpc) is 3.14. The first-order valence-electron chi connectivity index (χ1n) is 10.7. The molecule has 172 valence electrons. The first kappa shape index (κ1) is 23.3. The number of alkyl halides is 3. The van der Waals surface area contributed by atoms with E-state index in [1.54, 1.807) is 24.0 Å². The predicted molar refractivity (Wildman–Crippen MR) is 106 cm³/mol. The fourth-order valence-electron chi connectivity index (χ4n) is 4.37. The van der Waals surface area contributed by atoms with Crippen molar-refractivity contribution in [2.45, 2.75) is 52.1 Å². The smallest absolute Gasteiger partial charge is 0.391 e. The quantitative estimate of drug-likeness (QED) is 0.617. The molecule has 1 unspecified atom stereocenters. The van der Waals surface area contributed by atoms with E-state index in [4.69, 9.17) is 9.47 Å². The lowest BCUT2D eigenvalue weighted by Gasteiger charge is -2.32. The van der Waals surface area contributed by atoms with Crippen LogP contribution in [0.25, 0.3) is 0 Å². The second-order valence-corrected chi connectivity index (χ2v) is 8.77. The molecule has 9 heteroatoms. The third-order valence-corrected chi connectivity index (χ3v) is 6.22. The molecule has 1 amide bonds.